The number of hydrogen-bond donors (Lipinski definition) is 1. The van der Waals surface area contributed by atoms with Crippen LogP contribution in [0.15, 0.2) is 0 Å². The van der Waals surface area contributed by atoms with Gasteiger partial charge in [0.25, 0.3) is 0 Å². The summed E-state index contributed by atoms with van der Waals surface area (Å²) in [6, 6.07) is 0. The highest BCUT2D eigenvalue weighted by atomic mass is 16.5. The molecule has 0 radical (unpaired) electrons. The van der Waals surface area contributed by atoms with Gasteiger partial charge in [-0.05, 0) is 24.2 Å². The van der Waals surface area contributed by atoms with Crippen molar-refractivity contribution >= 4 is 0 Å². The van der Waals surface area contributed by atoms with E-state index >= 15 is 0 Å². The van der Waals surface area contributed by atoms with Crippen LogP contribution in [0.2, 0.25) is 0 Å². The SMILES string of the molecule is C[C@@H]1C[C@@]12CO[C@H](CO)C2. The molecule has 1 saturated heterocycles. The zero-order chi connectivity index (χ0) is 7.19. The van der Waals surface area contributed by atoms with E-state index < -0.39 is 0 Å². The summed E-state index contributed by atoms with van der Waals surface area (Å²) in [5, 5.41) is 8.79. The minimum absolute atomic E-state index is 0.143. The van der Waals surface area contributed by atoms with Crippen LogP contribution in [0.5, 0.6) is 0 Å². The van der Waals surface area contributed by atoms with E-state index in [-0.39, 0.29) is 12.7 Å². The molecule has 2 aliphatic rings. The summed E-state index contributed by atoms with van der Waals surface area (Å²) in [6.07, 6.45) is 2.54. The molecule has 1 aliphatic carbocycles. The molecule has 1 heterocycles. The van der Waals surface area contributed by atoms with Gasteiger partial charge in [0.1, 0.15) is 0 Å². The third-order valence-corrected chi connectivity index (χ3v) is 3.04. The first-order chi connectivity index (χ1) is 4.77. The molecule has 3 atom stereocenters. The Morgan fingerprint density at radius 2 is 2.30 bits per heavy atom. The van der Waals surface area contributed by atoms with E-state index in [2.05, 4.69) is 6.92 Å². The lowest BCUT2D eigenvalue weighted by atomic mass is 10.0. The molecule has 0 unspecified atom stereocenters. The predicted octanol–water partition coefficient (Wildman–Crippen LogP) is 0.794. The van der Waals surface area contributed by atoms with Crippen molar-refractivity contribution in [2.45, 2.75) is 25.9 Å². The van der Waals surface area contributed by atoms with E-state index in [0.717, 1.165) is 18.9 Å². The minimum atomic E-state index is 0.143. The first-order valence-electron chi connectivity index (χ1n) is 3.99. The first kappa shape index (κ1) is 6.62. The van der Waals surface area contributed by atoms with E-state index in [1.165, 1.54) is 6.42 Å². The molecular weight excluding hydrogens is 128 g/mol. The largest absolute Gasteiger partial charge is 0.394 e. The maximum absolute atomic E-state index is 8.79. The lowest BCUT2D eigenvalue weighted by molar-refractivity contribution is 0.0563. The second-order valence-corrected chi connectivity index (χ2v) is 3.79. The zero-order valence-electron chi connectivity index (χ0n) is 6.34. The highest BCUT2D eigenvalue weighted by Gasteiger charge is 2.55. The number of ether oxygens (including phenoxy) is 1. The van der Waals surface area contributed by atoms with E-state index in [0.29, 0.717) is 5.41 Å². The topological polar surface area (TPSA) is 29.5 Å². The molecule has 10 heavy (non-hydrogen) atoms. The Kier molecular flexibility index (Phi) is 1.29. The van der Waals surface area contributed by atoms with Crippen molar-refractivity contribution in [3.63, 3.8) is 0 Å². The molecule has 2 fully saturated rings. The van der Waals surface area contributed by atoms with Gasteiger partial charge in [-0.15, -0.1) is 0 Å². The van der Waals surface area contributed by atoms with Crippen molar-refractivity contribution < 1.29 is 9.84 Å². The molecule has 0 aromatic heterocycles. The molecule has 58 valence electrons. The van der Waals surface area contributed by atoms with Crippen LogP contribution in [0.4, 0.5) is 0 Å². The van der Waals surface area contributed by atoms with Gasteiger partial charge >= 0.3 is 0 Å². The summed E-state index contributed by atoms with van der Waals surface area (Å²) < 4.78 is 5.40. The van der Waals surface area contributed by atoms with Crippen molar-refractivity contribution in [2.75, 3.05) is 13.2 Å². The highest BCUT2D eigenvalue weighted by Crippen LogP contribution is 2.58. The van der Waals surface area contributed by atoms with Crippen LogP contribution in [-0.4, -0.2) is 24.4 Å². The predicted molar refractivity (Wildman–Crippen MR) is 37.7 cm³/mol. The smallest absolute Gasteiger partial charge is 0.0812 e. The van der Waals surface area contributed by atoms with Crippen LogP contribution in [0.25, 0.3) is 0 Å². The molecule has 0 aromatic carbocycles. The van der Waals surface area contributed by atoms with Gasteiger partial charge in [0.2, 0.25) is 0 Å². The van der Waals surface area contributed by atoms with Crippen LogP contribution in [0, 0.1) is 11.3 Å². The number of rotatable bonds is 1. The molecule has 1 aliphatic heterocycles. The summed E-state index contributed by atoms with van der Waals surface area (Å²) in [4.78, 5) is 0. The standard InChI is InChI=1S/C8H14O2/c1-6-2-8(6)3-7(4-9)10-5-8/h6-7,9H,2-5H2,1H3/t6-,7+,8-/m1/s1. The Morgan fingerprint density at radius 3 is 2.60 bits per heavy atom. The third-order valence-electron chi connectivity index (χ3n) is 3.04. The molecular formula is C8H14O2. The van der Waals surface area contributed by atoms with Crippen LogP contribution in [-0.2, 0) is 4.74 Å². The van der Waals surface area contributed by atoms with Crippen molar-refractivity contribution in [1.82, 2.24) is 0 Å². The van der Waals surface area contributed by atoms with Crippen LogP contribution < -0.4 is 0 Å². The van der Waals surface area contributed by atoms with E-state index in [1.807, 2.05) is 0 Å². The van der Waals surface area contributed by atoms with Crippen LogP contribution in [0.3, 0.4) is 0 Å². The van der Waals surface area contributed by atoms with Gasteiger partial charge in [0, 0.05) is 0 Å². The average Bonchev–Trinajstić information content (AvgIpc) is 2.43. The monoisotopic (exact) mass is 142 g/mol. The fourth-order valence-electron chi connectivity index (χ4n) is 2.01. The van der Waals surface area contributed by atoms with Gasteiger partial charge in [-0.25, -0.2) is 0 Å². The van der Waals surface area contributed by atoms with E-state index in [4.69, 9.17) is 9.84 Å². The summed E-state index contributed by atoms with van der Waals surface area (Å²) in [7, 11) is 0. The molecule has 1 N–H and O–H groups in total. The van der Waals surface area contributed by atoms with Gasteiger partial charge in [0.05, 0.1) is 19.3 Å². The zero-order valence-corrected chi connectivity index (χ0v) is 6.34. The van der Waals surface area contributed by atoms with E-state index in [9.17, 15) is 0 Å². The molecule has 2 heteroatoms. The number of aliphatic hydroxyl groups is 1. The second-order valence-electron chi connectivity index (χ2n) is 3.79. The molecule has 2 rings (SSSR count). The maximum Gasteiger partial charge on any atom is 0.0812 e. The quantitative estimate of drug-likeness (QED) is 0.586. The fourth-order valence-corrected chi connectivity index (χ4v) is 2.01. The molecule has 1 spiro atoms. The second kappa shape index (κ2) is 1.95. The van der Waals surface area contributed by atoms with Crippen molar-refractivity contribution in [3.8, 4) is 0 Å². The summed E-state index contributed by atoms with van der Waals surface area (Å²) in [5.74, 6) is 0.837. The van der Waals surface area contributed by atoms with Crippen molar-refractivity contribution in [3.05, 3.63) is 0 Å². The number of hydrogen-bond acceptors (Lipinski definition) is 2. The highest BCUT2D eigenvalue weighted by molar-refractivity contribution is 5.04. The Balaban J connectivity index is 1.95. The first-order valence-corrected chi connectivity index (χ1v) is 3.99. The van der Waals surface area contributed by atoms with Gasteiger partial charge in [-0.3, -0.25) is 0 Å². The fraction of sp³-hybridized carbons (Fsp3) is 1.00. The van der Waals surface area contributed by atoms with Crippen LogP contribution >= 0.6 is 0 Å². The van der Waals surface area contributed by atoms with E-state index in [1.54, 1.807) is 0 Å². The van der Waals surface area contributed by atoms with Crippen LogP contribution in [0.1, 0.15) is 19.8 Å². The summed E-state index contributed by atoms with van der Waals surface area (Å²) >= 11 is 0. The molecule has 0 bridgehead atoms. The third kappa shape index (κ3) is 0.789. The Hall–Kier alpha value is -0.0800. The van der Waals surface area contributed by atoms with Gasteiger partial charge in [0.15, 0.2) is 0 Å². The molecule has 0 aromatic rings. The minimum Gasteiger partial charge on any atom is -0.394 e. The lowest BCUT2D eigenvalue weighted by Gasteiger charge is -2.02. The molecule has 2 nitrogen and oxygen atoms in total. The normalized spacial score (nSPS) is 52.2. The Morgan fingerprint density at radius 1 is 1.60 bits per heavy atom. The van der Waals surface area contributed by atoms with Gasteiger partial charge in [-0.2, -0.15) is 0 Å². The van der Waals surface area contributed by atoms with Gasteiger partial charge in [-0.1, -0.05) is 6.92 Å². The molecule has 0 amide bonds. The van der Waals surface area contributed by atoms with Gasteiger partial charge < -0.3 is 9.84 Å². The molecule has 1 saturated carbocycles. The van der Waals surface area contributed by atoms with Crippen molar-refractivity contribution in [1.29, 1.82) is 0 Å². The average molecular weight is 142 g/mol. The maximum atomic E-state index is 8.79. The van der Waals surface area contributed by atoms with Crippen molar-refractivity contribution in [2.24, 2.45) is 11.3 Å². The lowest BCUT2D eigenvalue weighted by Crippen LogP contribution is -2.10. The Labute approximate surface area is 61.2 Å². The summed E-state index contributed by atoms with van der Waals surface area (Å²) in [5.41, 5.74) is 0.493. The number of aliphatic hydroxyl groups excluding tert-OH is 1. The Bertz CT molecular complexity index is 146. The summed E-state index contributed by atoms with van der Waals surface area (Å²) in [6.45, 7) is 3.36.